The zero-order valence-electron chi connectivity index (χ0n) is 35.3. The first-order chi connectivity index (χ1) is 28.8. The monoisotopic (exact) mass is 846 g/mol. The van der Waals surface area contributed by atoms with E-state index in [4.69, 9.17) is 37.5 Å². The van der Waals surface area contributed by atoms with E-state index in [2.05, 4.69) is 15.7 Å². The van der Waals surface area contributed by atoms with E-state index in [-0.39, 0.29) is 31.7 Å². The van der Waals surface area contributed by atoms with Crippen molar-refractivity contribution in [3.63, 3.8) is 0 Å². The molecule has 60 heavy (non-hydrogen) atoms. The third-order valence-corrected chi connectivity index (χ3v) is 12.0. The van der Waals surface area contributed by atoms with Gasteiger partial charge in [-0.1, -0.05) is 68.4 Å². The third kappa shape index (κ3) is 10.9. The summed E-state index contributed by atoms with van der Waals surface area (Å²) in [5, 5.41) is 9.43. The molecule has 0 saturated carbocycles. The number of nitrogens with one attached hydrogen (secondary N) is 1. The second-order valence-electron chi connectivity index (χ2n) is 14.9. The Hall–Kier alpha value is -4.91. The van der Waals surface area contributed by atoms with Crippen molar-refractivity contribution < 1.29 is 42.3 Å². The summed E-state index contributed by atoms with van der Waals surface area (Å²) in [5.41, 5.74) is -0.287. The lowest BCUT2D eigenvalue weighted by Gasteiger charge is -2.39. The number of carbonyl (C=O) groups excluding carboxylic acids is 1. The predicted molar refractivity (Wildman–Crippen MR) is 224 cm³/mol. The zero-order chi connectivity index (χ0) is 43.4. The van der Waals surface area contributed by atoms with Crippen LogP contribution in [0.3, 0.4) is 0 Å². The van der Waals surface area contributed by atoms with Crippen molar-refractivity contribution in [2.75, 3.05) is 34.2 Å². The molecule has 0 bridgehead atoms. The molecule has 3 aromatic carbocycles. The predicted octanol–water partition coefficient (Wildman–Crippen LogP) is 6.66. The minimum atomic E-state index is -1.91. The van der Waals surface area contributed by atoms with Crippen LogP contribution in [0.15, 0.2) is 101 Å². The van der Waals surface area contributed by atoms with Gasteiger partial charge in [-0.25, -0.2) is 9.46 Å². The van der Waals surface area contributed by atoms with Gasteiger partial charge in [-0.2, -0.15) is 5.26 Å². The van der Waals surface area contributed by atoms with Crippen LogP contribution in [0.4, 0.5) is 0 Å². The van der Waals surface area contributed by atoms with Gasteiger partial charge in [0.1, 0.15) is 35.4 Å². The molecule has 0 radical (unpaired) electrons. The minimum absolute atomic E-state index is 0.0601. The molecular formula is C44H55N4O11P. The molecule has 16 heteroatoms. The Morgan fingerprint density at radius 1 is 0.867 bits per heavy atom. The highest BCUT2D eigenvalue weighted by Gasteiger charge is 2.52. The molecule has 1 unspecified atom stereocenters. The number of nitriles is 1. The Labute approximate surface area is 352 Å². The summed E-state index contributed by atoms with van der Waals surface area (Å²) in [6.07, 6.45) is -2.93. The molecule has 1 aromatic heterocycles. The number of H-pyrrole nitrogens is 1. The SMILES string of the molecule is COc1ccc(C(OC[C@H]2O[C@@H](n3ccc(=O)[nH]c3=O)[C@H](OCOC(=O)C(C)C)[C@@H]2OP(OCCC#N)N(C(C)C)C(C)C)(c2ccccc2)c2ccc(OC)cc2)cc1. The van der Waals surface area contributed by atoms with Crippen LogP contribution in [0.5, 0.6) is 11.5 Å². The highest BCUT2D eigenvalue weighted by Crippen LogP contribution is 2.51. The maximum absolute atomic E-state index is 13.5. The molecule has 0 aliphatic carbocycles. The minimum Gasteiger partial charge on any atom is -0.497 e. The molecule has 5 atom stereocenters. The van der Waals surface area contributed by atoms with Crippen molar-refractivity contribution in [3.05, 3.63) is 129 Å². The number of esters is 1. The number of ether oxygens (including phenoxy) is 6. The largest absolute Gasteiger partial charge is 0.497 e. The van der Waals surface area contributed by atoms with Crippen LogP contribution >= 0.6 is 8.53 Å². The van der Waals surface area contributed by atoms with Gasteiger partial charge in [0.2, 0.25) is 0 Å². The van der Waals surface area contributed by atoms with Gasteiger partial charge in [0.05, 0.1) is 45.8 Å². The highest BCUT2D eigenvalue weighted by molar-refractivity contribution is 7.44. The van der Waals surface area contributed by atoms with Crippen LogP contribution < -0.4 is 20.7 Å². The zero-order valence-corrected chi connectivity index (χ0v) is 36.2. The molecule has 1 saturated heterocycles. The fourth-order valence-electron chi connectivity index (χ4n) is 7.02. The van der Waals surface area contributed by atoms with Gasteiger partial charge in [-0.15, -0.1) is 0 Å². The lowest BCUT2D eigenvalue weighted by Crippen LogP contribution is -2.44. The van der Waals surface area contributed by atoms with Gasteiger partial charge in [0.25, 0.3) is 14.1 Å². The van der Waals surface area contributed by atoms with E-state index in [9.17, 15) is 19.6 Å². The lowest BCUT2D eigenvalue weighted by atomic mass is 9.80. The number of aromatic nitrogens is 2. The molecule has 1 fully saturated rings. The van der Waals surface area contributed by atoms with Crippen LogP contribution in [0.25, 0.3) is 0 Å². The van der Waals surface area contributed by atoms with E-state index < -0.39 is 68.6 Å². The second kappa shape index (κ2) is 21.6. The molecule has 5 rings (SSSR count). The van der Waals surface area contributed by atoms with Crippen molar-refractivity contribution in [2.24, 2.45) is 5.92 Å². The van der Waals surface area contributed by atoms with E-state index in [1.165, 1.54) is 16.8 Å². The summed E-state index contributed by atoms with van der Waals surface area (Å²) in [6, 6.07) is 28.1. The first-order valence-corrected chi connectivity index (χ1v) is 21.0. The van der Waals surface area contributed by atoms with Crippen LogP contribution in [-0.4, -0.2) is 84.8 Å². The average Bonchev–Trinajstić information content (AvgIpc) is 3.57. The summed E-state index contributed by atoms with van der Waals surface area (Å²) in [5.74, 6) is 0.372. The number of benzene rings is 3. The van der Waals surface area contributed by atoms with Gasteiger partial charge in [0, 0.05) is 24.3 Å². The van der Waals surface area contributed by atoms with Crippen molar-refractivity contribution in [3.8, 4) is 17.6 Å². The lowest BCUT2D eigenvalue weighted by molar-refractivity contribution is -0.173. The first kappa shape index (κ1) is 46.2. The maximum Gasteiger partial charge on any atom is 0.330 e. The second-order valence-corrected chi connectivity index (χ2v) is 16.3. The Morgan fingerprint density at radius 3 is 1.97 bits per heavy atom. The molecule has 0 spiro atoms. The van der Waals surface area contributed by atoms with Crippen LogP contribution in [0, 0.1) is 17.2 Å². The normalized spacial score (nSPS) is 18.5. The Morgan fingerprint density at radius 2 is 1.45 bits per heavy atom. The molecule has 1 aliphatic rings. The van der Waals surface area contributed by atoms with E-state index in [0.717, 1.165) is 16.7 Å². The quantitative estimate of drug-likeness (QED) is 0.0310. The van der Waals surface area contributed by atoms with Gasteiger partial charge in [0.15, 0.2) is 13.0 Å². The standard InChI is InChI=1S/C44H55N4O11P/c1-29(2)42(50)55-28-54-40-39(59-60(57-26-12-24-45)48(30(3)4)31(5)6)37(58-41(40)47-25-23-38(49)46-43(47)51)27-56-44(32-13-10-9-11-14-32,33-15-19-35(52-7)20-16-33)34-17-21-36(53-8)22-18-34/h9-11,13-23,25,29-31,37,39-41H,12,26-28H2,1-8H3,(H,46,49,51)/t37-,39-,40-,41-,60?/m1/s1. The summed E-state index contributed by atoms with van der Waals surface area (Å²) >= 11 is 0. The topological polar surface area (TPSA) is 173 Å². The molecule has 2 heterocycles. The van der Waals surface area contributed by atoms with Gasteiger partial charge in [-0.05, 0) is 68.7 Å². The number of nitrogens with zero attached hydrogens (tertiary/aromatic N) is 3. The Bertz CT molecular complexity index is 2070. The summed E-state index contributed by atoms with van der Waals surface area (Å²) in [7, 11) is 1.29. The molecular weight excluding hydrogens is 791 g/mol. The smallest absolute Gasteiger partial charge is 0.330 e. The van der Waals surface area contributed by atoms with E-state index >= 15 is 0 Å². The van der Waals surface area contributed by atoms with Crippen LogP contribution in [-0.2, 0) is 38.4 Å². The van der Waals surface area contributed by atoms with Gasteiger partial charge < -0.3 is 37.5 Å². The summed E-state index contributed by atoms with van der Waals surface area (Å²) < 4.78 is 53.5. The number of hydrogen-bond acceptors (Lipinski definition) is 13. The molecule has 1 N–H and O–H groups in total. The van der Waals surface area contributed by atoms with Crippen molar-refractivity contribution in [1.82, 2.24) is 14.2 Å². The number of methoxy groups -OCH3 is 2. The number of rotatable bonds is 21. The Kier molecular flexibility index (Phi) is 16.6. The Balaban J connectivity index is 1.68. The van der Waals surface area contributed by atoms with Gasteiger partial charge in [-0.3, -0.25) is 19.1 Å². The van der Waals surface area contributed by atoms with E-state index in [1.54, 1.807) is 28.1 Å². The van der Waals surface area contributed by atoms with Crippen molar-refractivity contribution in [2.45, 2.75) is 90.2 Å². The molecule has 4 aromatic rings. The number of carbonyl (C=O) groups is 1. The van der Waals surface area contributed by atoms with Gasteiger partial charge >= 0.3 is 11.7 Å². The van der Waals surface area contributed by atoms with Crippen molar-refractivity contribution in [1.29, 1.82) is 5.26 Å². The molecule has 1 aliphatic heterocycles. The van der Waals surface area contributed by atoms with E-state index in [0.29, 0.717) is 11.5 Å². The van der Waals surface area contributed by atoms with E-state index in [1.807, 2.05) is 107 Å². The number of aromatic amines is 1. The number of hydrogen-bond donors (Lipinski definition) is 1. The molecule has 322 valence electrons. The molecule has 0 amide bonds. The first-order valence-electron chi connectivity index (χ1n) is 19.8. The third-order valence-electron chi connectivity index (χ3n) is 9.86. The molecule has 15 nitrogen and oxygen atoms in total. The highest BCUT2D eigenvalue weighted by atomic mass is 31.2. The van der Waals surface area contributed by atoms with Crippen LogP contribution in [0.1, 0.15) is 70.9 Å². The fraction of sp³-hybridized carbons (Fsp3) is 0.455. The fourth-order valence-corrected chi connectivity index (χ4v) is 8.78. The maximum atomic E-state index is 13.5. The average molecular weight is 847 g/mol. The summed E-state index contributed by atoms with van der Waals surface area (Å²) in [6.45, 7) is 10.9. The van der Waals surface area contributed by atoms with Crippen molar-refractivity contribution >= 4 is 14.5 Å². The van der Waals surface area contributed by atoms with Crippen LogP contribution in [0.2, 0.25) is 0 Å². The summed E-state index contributed by atoms with van der Waals surface area (Å²) in [4.78, 5) is 40.6.